The fraction of sp³-hybridized carbons (Fsp3) is 1.00. The molecule has 0 spiro atoms. The highest BCUT2D eigenvalue weighted by atomic mass is 19.4. The summed E-state index contributed by atoms with van der Waals surface area (Å²) in [6.07, 6.45) is -2.97. The molecule has 6 heteroatoms. The van der Waals surface area contributed by atoms with Crippen LogP contribution in [-0.4, -0.2) is 68.3 Å². The van der Waals surface area contributed by atoms with E-state index in [1.54, 1.807) is 0 Å². The molecular formula is C13H26F3N3. The molecule has 2 unspecified atom stereocenters. The summed E-state index contributed by atoms with van der Waals surface area (Å²) in [6.45, 7) is 6.99. The summed E-state index contributed by atoms with van der Waals surface area (Å²) in [4.78, 5) is 3.76. The van der Waals surface area contributed by atoms with Crippen LogP contribution in [0.15, 0.2) is 0 Å². The lowest BCUT2D eigenvalue weighted by molar-refractivity contribution is -0.149. The third kappa shape index (κ3) is 6.10. The Labute approximate surface area is 114 Å². The molecule has 3 nitrogen and oxygen atoms in total. The largest absolute Gasteiger partial charge is 0.401 e. The van der Waals surface area contributed by atoms with Crippen molar-refractivity contribution >= 4 is 0 Å². The Hall–Kier alpha value is -0.330. The van der Waals surface area contributed by atoms with Gasteiger partial charge in [-0.3, -0.25) is 9.80 Å². The molecule has 114 valence electrons. The summed E-state index contributed by atoms with van der Waals surface area (Å²) in [7, 11) is 1.96. The molecule has 1 aliphatic heterocycles. The highest BCUT2D eigenvalue weighted by molar-refractivity contribution is 4.80. The first kappa shape index (κ1) is 16.7. The molecule has 1 rings (SSSR count). The van der Waals surface area contributed by atoms with Gasteiger partial charge in [0.05, 0.1) is 6.54 Å². The maximum absolute atomic E-state index is 12.3. The second kappa shape index (κ2) is 7.45. The molecule has 1 fully saturated rings. The van der Waals surface area contributed by atoms with Crippen LogP contribution < -0.4 is 5.32 Å². The standard InChI is InChI=1S/C13H26F3N3/c1-4-11(2)12(17-3)9-18-5-7-19(8-6-18)10-13(14,15)16/h11-12,17H,4-10H2,1-3H3. The van der Waals surface area contributed by atoms with Crippen LogP contribution in [0.4, 0.5) is 13.2 Å². The van der Waals surface area contributed by atoms with Gasteiger partial charge >= 0.3 is 6.18 Å². The van der Waals surface area contributed by atoms with Crippen molar-refractivity contribution in [2.45, 2.75) is 32.5 Å². The smallest absolute Gasteiger partial charge is 0.315 e. The average Bonchev–Trinajstić information content (AvgIpc) is 2.35. The van der Waals surface area contributed by atoms with E-state index >= 15 is 0 Å². The number of nitrogens with one attached hydrogen (secondary N) is 1. The number of halogens is 3. The second-order valence-corrected chi connectivity index (χ2v) is 5.47. The zero-order valence-corrected chi connectivity index (χ0v) is 12.1. The minimum atomic E-state index is -4.08. The zero-order valence-electron chi connectivity index (χ0n) is 12.1. The summed E-state index contributed by atoms with van der Waals surface area (Å²) < 4.78 is 36.9. The third-order valence-corrected chi connectivity index (χ3v) is 4.02. The molecule has 1 saturated heterocycles. The normalized spacial score (nSPS) is 22.4. The van der Waals surface area contributed by atoms with E-state index in [2.05, 4.69) is 24.1 Å². The Balaban J connectivity index is 2.33. The van der Waals surface area contributed by atoms with Crippen molar-refractivity contribution in [2.75, 3.05) is 46.3 Å². The van der Waals surface area contributed by atoms with Gasteiger partial charge in [0.2, 0.25) is 0 Å². The topological polar surface area (TPSA) is 18.5 Å². The van der Waals surface area contributed by atoms with Crippen molar-refractivity contribution in [2.24, 2.45) is 5.92 Å². The van der Waals surface area contributed by atoms with Gasteiger partial charge in [0.1, 0.15) is 0 Å². The van der Waals surface area contributed by atoms with E-state index in [1.807, 2.05) is 7.05 Å². The van der Waals surface area contributed by atoms with Crippen molar-refractivity contribution in [3.8, 4) is 0 Å². The minimum absolute atomic E-state index is 0.416. The molecule has 1 heterocycles. The lowest BCUT2D eigenvalue weighted by atomic mass is 9.98. The van der Waals surface area contributed by atoms with Gasteiger partial charge in [-0.1, -0.05) is 20.3 Å². The molecule has 0 aromatic rings. The van der Waals surface area contributed by atoms with Crippen LogP contribution in [-0.2, 0) is 0 Å². The third-order valence-electron chi connectivity index (χ3n) is 4.02. The van der Waals surface area contributed by atoms with E-state index in [9.17, 15) is 13.2 Å². The first-order chi connectivity index (χ1) is 8.85. The number of alkyl halides is 3. The Morgan fingerprint density at radius 3 is 2.05 bits per heavy atom. The summed E-state index contributed by atoms with van der Waals surface area (Å²) in [5, 5.41) is 3.31. The second-order valence-electron chi connectivity index (χ2n) is 5.47. The molecule has 0 bridgehead atoms. The van der Waals surface area contributed by atoms with E-state index in [0.29, 0.717) is 25.0 Å². The van der Waals surface area contributed by atoms with Crippen LogP contribution in [0.5, 0.6) is 0 Å². The van der Waals surface area contributed by atoms with Crippen molar-refractivity contribution in [1.82, 2.24) is 15.1 Å². The van der Waals surface area contributed by atoms with Gasteiger partial charge in [-0.2, -0.15) is 13.2 Å². The molecule has 2 atom stereocenters. The fourth-order valence-corrected chi connectivity index (χ4v) is 2.50. The lowest BCUT2D eigenvalue weighted by Crippen LogP contribution is -2.53. The highest BCUT2D eigenvalue weighted by Crippen LogP contribution is 2.18. The van der Waals surface area contributed by atoms with Crippen LogP contribution >= 0.6 is 0 Å². The van der Waals surface area contributed by atoms with Gasteiger partial charge in [0, 0.05) is 38.8 Å². The Morgan fingerprint density at radius 2 is 1.63 bits per heavy atom. The van der Waals surface area contributed by atoms with Crippen molar-refractivity contribution in [1.29, 1.82) is 0 Å². The molecule has 0 aromatic carbocycles. The van der Waals surface area contributed by atoms with E-state index in [4.69, 9.17) is 0 Å². The molecule has 0 aliphatic carbocycles. The number of hydrogen-bond donors (Lipinski definition) is 1. The first-order valence-electron chi connectivity index (χ1n) is 7.04. The van der Waals surface area contributed by atoms with E-state index in [0.717, 1.165) is 26.1 Å². The van der Waals surface area contributed by atoms with Gasteiger partial charge in [-0.05, 0) is 13.0 Å². The van der Waals surface area contributed by atoms with E-state index in [-0.39, 0.29) is 0 Å². The van der Waals surface area contributed by atoms with E-state index < -0.39 is 12.7 Å². The Kier molecular flexibility index (Phi) is 6.56. The SMILES string of the molecule is CCC(C)C(CN1CCN(CC(F)(F)F)CC1)NC. The average molecular weight is 281 g/mol. The van der Waals surface area contributed by atoms with E-state index in [1.165, 1.54) is 4.90 Å². The highest BCUT2D eigenvalue weighted by Gasteiger charge is 2.32. The van der Waals surface area contributed by atoms with Gasteiger partial charge in [-0.15, -0.1) is 0 Å². The molecule has 0 aromatic heterocycles. The number of piperazine rings is 1. The van der Waals surface area contributed by atoms with Crippen LogP contribution in [0.1, 0.15) is 20.3 Å². The van der Waals surface area contributed by atoms with Crippen molar-refractivity contribution in [3.63, 3.8) is 0 Å². The van der Waals surface area contributed by atoms with Crippen LogP contribution in [0, 0.1) is 5.92 Å². The summed E-state index contributed by atoms with van der Waals surface area (Å²) >= 11 is 0. The molecule has 0 saturated carbocycles. The fourth-order valence-electron chi connectivity index (χ4n) is 2.50. The summed E-state index contributed by atoms with van der Waals surface area (Å²) in [5.74, 6) is 0.582. The molecule has 1 N–H and O–H groups in total. The van der Waals surface area contributed by atoms with Gasteiger partial charge in [-0.25, -0.2) is 0 Å². The van der Waals surface area contributed by atoms with Gasteiger partial charge in [0.25, 0.3) is 0 Å². The van der Waals surface area contributed by atoms with Crippen LogP contribution in [0.3, 0.4) is 0 Å². The van der Waals surface area contributed by atoms with Crippen molar-refractivity contribution < 1.29 is 13.2 Å². The zero-order chi connectivity index (χ0) is 14.5. The monoisotopic (exact) mass is 281 g/mol. The predicted octanol–water partition coefficient (Wildman–Crippen LogP) is 1.80. The molecular weight excluding hydrogens is 255 g/mol. The lowest BCUT2D eigenvalue weighted by Gasteiger charge is -2.37. The minimum Gasteiger partial charge on any atom is -0.315 e. The number of rotatable bonds is 6. The van der Waals surface area contributed by atoms with Gasteiger partial charge in [0.15, 0.2) is 0 Å². The molecule has 0 radical (unpaired) electrons. The predicted molar refractivity (Wildman–Crippen MR) is 71.2 cm³/mol. The quantitative estimate of drug-likeness (QED) is 0.801. The maximum atomic E-state index is 12.3. The molecule has 1 aliphatic rings. The summed E-state index contributed by atoms with van der Waals surface area (Å²) in [6, 6.07) is 0.416. The van der Waals surface area contributed by atoms with Gasteiger partial charge < -0.3 is 5.32 Å². The first-order valence-corrected chi connectivity index (χ1v) is 7.04. The maximum Gasteiger partial charge on any atom is 0.401 e. The number of nitrogens with zero attached hydrogens (tertiary/aromatic N) is 2. The molecule has 0 amide bonds. The Morgan fingerprint density at radius 1 is 1.11 bits per heavy atom. The van der Waals surface area contributed by atoms with Crippen LogP contribution in [0.25, 0.3) is 0 Å². The number of likely N-dealkylation sites (N-methyl/N-ethyl adjacent to an activating group) is 1. The van der Waals surface area contributed by atoms with Crippen LogP contribution in [0.2, 0.25) is 0 Å². The van der Waals surface area contributed by atoms with Crippen molar-refractivity contribution in [3.05, 3.63) is 0 Å². The molecule has 19 heavy (non-hydrogen) atoms. The Bertz CT molecular complexity index is 250. The number of hydrogen-bond acceptors (Lipinski definition) is 3. The summed E-state index contributed by atoms with van der Waals surface area (Å²) in [5.41, 5.74) is 0.